The van der Waals surface area contributed by atoms with E-state index in [0.29, 0.717) is 22.9 Å². The van der Waals surface area contributed by atoms with Crippen molar-refractivity contribution < 1.29 is 9.53 Å². The van der Waals surface area contributed by atoms with E-state index in [1.54, 1.807) is 12.1 Å². The lowest BCUT2D eigenvalue weighted by Gasteiger charge is -2.10. The predicted molar refractivity (Wildman–Crippen MR) is 60.7 cm³/mol. The highest BCUT2D eigenvalue weighted by atomic mass is 35.5. The van der Waals surface area contributed by atoms with E-state index in [9.17, 15) is 4.79 Å². The molecule has 15 heavy (non-hydrogen) atoms. The Kier molecular flexibility index (Phi) is 4.12. The first kappa shape index (κ1) is 12.0. The van der Waals surface area contributed by atoms with E-state index in [-0.39, 0.29) is 12.2 Å². The van der Waals surface area contributed by atoms with Crippen molar-refractivity contribution in [3.8, 4) is 5.75 Å². The van der Waals surface area contributed by atoms with E-state index >= 15 is 0 Å². The van der Waals surface area contributed by atoms with E-state index in [0.717, 1.165) is 5.56 Å². The normalized spacial score (nSPS) is 10.1. The molecule has 2 N–H and O–H groups in total. The topological polar surface area (TPSA) is 52.3 Å². The van der Waals surface area contributed by atoms with Crippen molar-refractivity contribution in [3.05, 3.63) is 28.3 Å². The number of hydrogen-bond acceptors (Lipinski definition) is 3. The van der Waals surface area contributed by atoms with Crippen molar-refractivity contribution in [3.63, 3.8) is 0 Å². The summed E-state index contributed by atoms with van der Waals surface area (Å²) >= 11 is 6.00. The molecule has 1 aromatic carbocycles. The molecule has 0 radical (unpaired) electrons. The van der Waals surface area contributed by atoms with E-state index in [1.807, 2.05) is 6.92 Å². The van der Waals surface area contributed by atoms with Crippen LogP contribution in [0.2, 0.25) is 5.02 Å². The molecule has 0 amide bonds. The van der Waals surface area contributed by atoms with Gasteiger partial charge < -0.3 is 10.5 Å². The number of nitrogens with two attached hydrogens (primary N) is 1. The summed E-state index contributed by atoms with van der Waals surface area (Å²) in [5.41, 5.74) is 6.72. The third kappa shape index (κ3) is 2.70. The maximum Gasteiger partial charge on any atom is 0.169 e. The second-order valence-corrected chi connectivity index (χ2v) is 3.69. The summed E-state index contributed by atoms with van der Waals surface area (Å²) in [6, 6.07) is 3.53. The van der Waals surface area contributed by atoms with Gasteiger partial charge in [-0.25, -0.2) is 0 Å². The van der Waals surface area contributed by atoms with Gasteiger partial charge >= 0.3 is 0 Å². The van der Waals surface area contributed by atoms with Crippen molar-refractivity contribution in [2.24, 2.45) is 5.73 Å². The fourth-order valence-electron chi connectivity index (χ4n) is 1.40. The van der Waals surface area contributed by atoms with Gasteiger partial charge in [0.05, 0.1) is 17.7 Å². The minimum absolute atomic E-state index is 0.0839. The zero-order valence-electron chi connectivity index (χ0n) is 8.84. The molecule has 0 aliphatic carbocycles. The quantitative estimate of drug-likeness (QED) is 0.803. The summed E-state index contributed by atoms with van der Waals surface area (Å²) in [5.74, 6) is 0.429. The number of benzene rings is 1. The predicted octanol–water partition coefficient (Wildman–Crippen LogP) is 2.19. The average Bonchev–Trinajstić information content (AvgIpc) is 2.16. The Morgan fingerprint density at radius 2 is 2.20 bits per heavy atom. The van der Waals surface area contributed by atoms with Crippen LogP contribution in [0.5, 0.6) is 5.75 Å². The first-order chi connectivity index (χ1) is 7.10. The Morgan fingerprint density at radius 1 is 1.53 bits per heavy atom. The maximum atomic E-state index is 11.7. The number of hydrogen-bond donors (Lipinski definition) is 1. The fraction of sp³-hybridized carbons (Fsp3) is 0.364. The van der Waals surface area contributed by atoms with Crippen molar-refractivity contribution in [2.75, 3.05) is 13.7 Å². The molecule has 0 spiro atoms. The molecule has 0 atom stereocenters. The van der Waals surface area contributed by atoms with Crippen LogP contribution >= 0.6 is 11.6 Å². The minimum atomic E-state index is -0.0839. The second-order valence-electron chi connectivity index (χ2n) is 3.29. The number of rotatable bonds is 4. The summed E-state index contributed by atoms with van der Waals surface area (Å²) in [5, 5.41) is 0.422. The van der Waals surface area contributed by atoms with Gasteiger partial charge in [0.1, 0.15) is 5.75 Å². The zero-order chi connectivity index (χ0) is 11.4. The molecule has 3 nitrogen and oxygen atoms in total. The van der Waals surface area contributed by atoms with E-state index < -0.39 is 0 Å². The van der Waals surface area contributed by atoms with E-state index in [4.69, 9.17) is 22.1 Å². The summed E-state index contributed by atoms with van der Waals surface area (Å²) < 4.78 is 5.13. The molecule has 0 saturated heterocycles. The minimum Gasteiger partial charge on any atom is -0.496 e. The largest absolute Gasteiger partial charge is 0.496 e. The molecule has 0 heterocycles. The van der Waals surface area contributed by atoms with Crippen LogP contribution in [-0.4, -0.2) is 19.4 Å². The Balaban J connectivity index is 3.20. The van der Waals surface area contributed by atoms with Crippen LogP contribution in [0.25, 0.3) is 0 Å². The van der Waals surface area contributed by atoms with Crippen molar-refractivity contribution in [1.82, 2.24) is 0 Å². The Hall–Kier alpha value is -1.06. The molecule has 0 unspecified atom stereocenters. The highest BCUT2D eigenvalue weighted by Crippen LogP contribution is 2.29. The van der Waals surface area contributed by atoms with Crippen molar-refractivity contribution in [1.29, 1.82) is 0 Å². The van der Waals surface area contributed by atoms with Crippen molar-refractivity contribution in [2.45, 2.75) is 13.3 Å². The van der Waals surface area contributed by atoms with E-state index in [1.165, 1.54) is 7.11 Å². The molecule has 0 aliphatic rings. The average molecular weight is 228 g/mol. The number of aryl methyl sites for hydroxylation is 1. The highest BCUT2D eigenvalue weighted by Gasteiger charge is 2.16. The summed E-state index contributed by atoms with van der Waals surface area (Å²) in [4.78, 5) is 11.7. The SMILES string of the molecule is COc1cc(C)cc(Cl)c1C(=O)CCN. The zero-order valence-corrected chi connectivity index (χ0v) is 9.60. The molecule has 1 rings (SSSR count). The molecule has 0 saturated carbocycles. The van der Waals surface area contributed by atoms with Gasteiger partial charge in [0.2, 0.25) is 0 Å². The highest BCUT2D eigenvalue weighted by molar-refractivity contribution is 6.34. The lowest BCUT2D eigenvalue weighted by atomic mass is 10.0. The molecular formula is C11H14ClNO2. The lowest BCUT2D eigenvalue weighted by molar-refractivity contribution is 0.0982. The van der Waals surface area contributed by atoms with Crippen molar-refractivity contribution >= 4 is 17.4 Å². The van der Waals surface area contributed by atoms with Gasteiger partial charge in [-0.3, -0.25) is 4.79 Å². The number of halogens is 1. The van der Waals surface area contributed by atoms with Gasteiger partial charge in [0.25, 0.3) is 0 Å². The Bertz CT molecular complexity index is 377. The van der Waals surface area contributed by atoms with Crippen LogP contribution in [0.1, 0.15) is 22.3 Å². The second kappa shape index (κ2) is 5.14. The molecule has 0 bridgehead atoms. The summed E-state index contributed by atoms with van der Waals surface area (Å²) in [6.07, 6.45) is 0.277. The van der Waals surface area contributed by atoms with Gasteiger partial charge in [-0.05, 0) is 31.2 Å². The molecule has 0 aromatic heterocycles. The number of ketones is 1. The lowest BCUT2D eigenvalue weighted by Crippen LogP contribution is -2.10. The van der Waals surface area contributed by atoms with Crippen LogP contribution in [-0.2, 0) is 0 Å². The third-order valence-electron chi connectivity index (χ3n) is 2.07. The molecular weight excluding hydrogens is 214 g/mol. The summed E-state index contributed by atoms with van der Waals surface area (Å²) in [6.45, 7) is 2.21. The number of ether oxygens (including phenoxy) is 1. The fourth-order valence-corrected chi connectivity index (χ4v) is 1.77. The molecule has 4 heteroatoms. The smallest absolute Gasteiger partial charge is 0.169 e. The van der Waals surface area contributed by atoms with Gasteiger partial charge in [0.15, 0.2) is 5.78 Å². The Morgan fingerprint density at radius 3 is 2.73 bits per heavy atom. The standard InChI is InChI=1S/C11H14ClNO2/c1-7-5-8(12)11(9(14)3-4-13)10(6-7)15-2/h5-6H,3-4,13H2,1-2H3. The van der Waals surface area contributed by atoms with Gasteiger partial charge in [0, 0.05) is 6.42 Å². The van der Waals surface area contributed by atoms with Gasteiger partial charge in [-0.2, -0.15) is 0 Å². The monoisotopic (exact) mass is 227 g/mol. The summed E-state index contributed by atoms with van der Waals surface area (Å²) in [7, 11) is 1.52. The number of methoxy groups -OCH3 is 1. The van der Waals surface area contributed by atoms with E-state index in [2.05, 4.69) is 0 Å². The van der Waals surface area contributed by atoms with Crippen LogP contribution < -0.4 is 10.5 Å². The Labute approximate surface area is 94.2 Å². The first-order valence-electron chi connectivity index (χ1n) is 4.67. The molecule has 0 aliphatic heterocycles. The number of carbonyl (C=O) groups excluding carboxylic acids is 1. The molecule has 0 fully saturated rings. The van der Waals surface area contributed by atoms with Gasteiger partial charge in [-0.1, -0.05) is 11.6 Å². The first-order valence-corrected chi connectivity index (χ1v) is 5.05. The maximum absolute atomic E-state index is 11.7. The van der Waals surface area contributed by atoms with Crippen LogP contribution in [0, 0.1) is 6.92 Å². The van der Waals surface area contributed by atoms with Crippen LogP contribution in [0.4, 0.5) is 0 Å². The number of carbonyl (C=O) groups is 1. The molecule has 1 aromatic rings. The number of Topliss-reactive ketones (excluding diaryl/α,β-unsaturated/α-hetero) is 1. The van der Waals surface area contributed by atoms with Gasteiger partial charge in [-0.15, -0.1) is 0 Å². The van der Waals surface area contributed by atoms with Crippen LogP contribution in [0.3, 0.4) is 0 Å². The molecule has 82 valence electrons. The van der Waals surface area contributed by atoms with Crippen LogP contribution in [0.15, 0.2) is 12.1 Å². The third-order valence-corrected chi connectivity index (χ3v) is 2.37.